The van der Waals surface area contributed by atoms with Crippen LogP contribution >= 0.6 is 0 Å². The summed E-state index contributed by atoms with van der Waals surface area (Å²) in [6, 6.07) is 10.5. The number of hydrogen-bond acceptors (Lipinski definition) is 7. The first-order valence-corrected chi connectivity index (χ1v) is 9.22. The van der Waals surface area contributed by atoms with Crippen LogP contribution in [0.5, 0.6) is 11.5 Å². The van der Waals surface area contributed by atoms with E-state index in [1.54, 1.807) is 22.9 Å². The second-order valence-electron chi connectivity index (χ2n) is 6.34. The molecular weight excluding hydrogens is 374 g/mol. The van der Waals surface area contributed by atoms with Crippen LogP contribution in [0.2, 0.25) is 0 Å². The molecule has 1 aliphatic rings. The summed E-state index contributed by atoms with van der Waals surface area (Å²) in [6.45, 7) is 3.86. The standard InChI is InChI=1S/C19H21N7O3/c1-13-6-9-26(25-13)18-5-4-17(23-24-18)20-7-8-21-19(27)22-14-2-3-15-16(12-14)29-11-10-28-15/h2-6,9,12H,7-8,10-11H2,1H3,(H,20,23)(H2,21,22,27). The predicted molar refractivity (Wildman–Crippen MR) is 107 cm³/mol. The molecule has 1 aliphatic heterocycles. The molecule has 1 aromatic carbocycles. The number of ether oxygens (including phenoxy) is 2. The van der Waals surface area contributed by atoms with Gasteiger partial charge in [0, 0.05) is 31.0 Å². The number of amides is 2. The number of urea groups is 1. The van der Waals surface area contributed by atoms with Gasteiger partial charge in [-0.3, -0.25) is 0 Å². The number of carbonyl (C=O) groups is 1. The molecule has 2 amide bonds. The van der Waals surface area contributed by atoms with Gasteiger partial charge in [0.15, 0.2) is 17.3 Å². The molecule has 0 saturated heterocycles. The van der Waals surface area contributed by atoms with Crippen LogP contribution in [0.1, 0.15) is 5.69 Å². The molecule has 4 rings (SSSR count). The number of rotatable bonds is 6. The first-order chi connectivity index (χ1) is 14.2. The van der Waals surface area contributed by atoms with Crippen molar-refractivity contribution in [3.05, 3.63) is 48.3 Å². The molecule has 0 atom stereocenters. The first kappa shape index (κ1) is 18.5. The average molecular weight is 395 g/mol. The molecule has 0 radical (unpaired) electrons. The molecule has 0 unspecified atom stereocenters. The van der Waals surface area contributed by atoms with Crippen molar-refractivity contribution in [2.75, 3.05) is 36.9 Å². The van der Waals surface area contributed by atoms with Gasteiger partial charge in [-0.15, -0.1) is 10.2 Å². The van der Waals surface area contributed by atoms with Crippen molar-refractivity contribution < 1.29 is 14.3 Å². The zero-order valence-electron chi connectivity index (χ0n) is 15.9. The molecule has 0 saturated carbocycles. The third-order valence-corrected chi connectivity index (χ3v) is 4.12. The van der Waals surface area contributed by atoms with Crippen LogP contribution in [0, 0.1) is 6.92 Å². The van der Waals surface area contributed by atoms with Crippen LogP contribution in [-0.4, -0.2) is 52.3 Å². The Kier molecular flexibility index (Phi) is 5.41. The van der Waals surface area contributed by atoms with Gasteiger partial charge in [-0.05, 0) is 37.3 Å². The normalized spacial score (nSPS) is 12.3. The SMILES string of the molecule is Cc1ccn(-c2ccc(NCCNC(=O)Nc3ccc4c(c3)OCCO4)nn2)n1. The van der Waals surface area contributed by atoms with Gasteiger partial charge in [-0.25, -0.2) is 9.48 Å². The highest BCUT2D eigenvalue weighted by atomic mass is 16.6. The van der Waals surface area contributed by atoms with E-state index in [4.69, 9.17) is 9.47 Å². The van der Waals surface area contributed by atoms with Crippen molar-refractivity contribution in [2.45, 2.75) is 6.92 Å². The molecule has 2 aromatic heterocycles. The number of aromatic nitrogens is 4. The Morgan fingerprint density at radius 2 is 1.93 bits per heavy atom. The van der Waals surface area contributed by atoms with E-state index in [9.17, 15) is 4.79 Å². The number of fused-ring (bicyclic) bond motifs is 1. The maximum atomic E-state index is 12.0. The van der Waals surface area contributed by atoms with E-state index in [0.717, 1.165) is 5.69 Å². The van der Waals surface area contributed by atoms with Crippen molar-refractivity contribution in [1.29, 1.82) is 0 Å². The Bertz CT molecular complexity index is 988. The average Bonchev–Trinajstić information content (AvgIpc) is 3.18. The van der Waals surface area contributed by atoms with Crippen molar-refractivity contribution in [2.24, 2.45) is 0 Å². The van der Waals surface area contributed by atoms with Gasteiger partial charge in [0.2, 0.25) is 0 Å². The Balaban J connectivity index is 1.20. The first-order valence-electron chi connectivity index (χ1n) is 9.22. The number of benzene rings is 1. The highest BCUT2D eigenvalue weighted by Crippen LogP contribution is 2.32. The fourth-order valence-electron chi connectivity index (χ4n) is 2.75. The number of carbonyl (C=O) groups excluding carboxylic acids is 1. The van der Waals surface area contributed by atoms with Crippen molar-refractivity contribution in [3.8, 4) is 17.3 Å². The summed E-state index contributed by atoms with van der Waals surface area (Å²) in [4.78, 5) is 12.0. The molecule has 3 N–H and O–H groups in total. The minimum Gasteiger partial charge on any atom is -0.486 e. The Hall–Kier alpha value is -3.82. The summed E-state index contributed by atoms with van der Waals surface area (Å²) in [6.07, 6.45) is 1.83. The van der Waals surface area contributed by atoms with Crippen molar-refractivity contribution in [3.63, 3.8) is 0 Å². The lowest BCUT2D eigenvalue weighted by atomic mass is 10.2. The smallest absolute Gasteiger partial charge is 0.319 e. The van der Waals surface area contributed by atoms with Gasteiger partial charge in [-0.2, -0.15) is 5.10 Å². The molecule has 150 valence electrons. The third-order valence-electron chi connectivity index (χ3n) is 4.12. The molecule has 29 heavy (non-hydrogen) atoms. The lowest BCUT2D eigenvalue weighted by molar-refractivity contribution is 0.171. The van der Waals surface area contributed by atoms with E-state index < -0.39 is 0 Å². The van der Waals surface area contributed by atoms with E-state index in [0.29, 0.717) is 55.1 Å². The van der Waals surface area contributed by atoms with Crippen LogP contribution in [-0.2, 0) is 0 Å². The molecule has 10 heteroatoms. The summed E-state index contributed by atoms with van der Waals surface area (Å²) in [5.41, 5.74) is 1.55. The molecular formula is C19H21N7O3. The lowest BCUT2D eigenvalue weighted by Crippen LogP contribution is -2.32. The lowest BCUT2D eigenvalue weighted by Gasteiger charge is -2.19. The monoisotopic (exact) mass is 395 g/mol. The maximum absolute atomic E-state index is 12.0. The van der Waals surface area contributed by atoms with E-state index >= 15 is 0 Å². The van der Waals surface area contributed by atoms with Gasteiger partial charge in [-0.1, -0.05) is 0 Å². The second kappa shape index (κ2) is 8.46. The molecule has 0 aliphatic carbocycles. The number of hydrogen-bond donors (Lipinski definition) is 3. The molecule has 0 bridgehead atoms. The summed E-state index contributed by atoms with van der Waals surface area (Å²) < 4.78 is 12.6. The van der Waals surface area contributed by atoms with E-state index in [1.807, 2.05) is 31.3 Å². The summed E-state index contributed by atoms with van der Waals surface area (Å²) >= 11 is 0. The molecule has 0 fully saturated rings. The summed E-state index contributed by atoms with van der Waals surface area (Å²) in [5.74, 6) is 2.57. The fraction of sp³-hybridized carbons (Fsp3) is 0.263. The van der Waals surface area contributed by atoms with Crippen molar-refractivity contribution in [1.82, 2.24) is 25.3 Å². The Morgan fingerprint density at radius 1 is 1.07 bits per heavy atom. The zero-order chi connectivity index (χ0) is 20.1. The van der Waals surface area contributed by atoms with Crippen LogP contribution < -0.4 is 25.4 Å². The second-order valence-corrected chi connectivity index (χ2v) is 6.34. The topological polar surface area (TPSA) is 115 Å². The van der Waals surface area contributed by atoms with Gasteiger partial charge in [0.1, 0.15) is 19.0 Å². The van der Waals surface area contributed by atoms with E-state index in [-0.39, 0.29) is 6.03 Å². The minimum absolute atomic E-state index is 0.307. The van der Waals surface area contributed by atoms with E-state index in [1.165, 1.54) is 0 Å². The van der Waals surface area contributed by atoms with E-state index in [2.05, 4.69) is 31.2 Å². The Morgan fingerprint density at radius 3 is 2.69 bits per heavy atom. The maximum Gasteiger partial charge on any atom is 0.319 e. The van der Waals surface area contributed by atoms with Crippen LogP contribution in [0.4, 0.5) is 16.3 Å². The quantitative estimate of drug-likeness (QED) is 0.547. The number of anilines is 2. The van der Waals surface area contributed by atoms with Crippen LogP contribution in [0.3, 0.4) is 0 Å². The van der Waals surface area contributed by atoms with Crippen molar-refractivity contribution >= 4 is 17.5 Å². The molecule has 3 heterocycles. The number of aryl methyl sites for hydroxylation is 1. The molecule has 10 nitrogen and oxygen atoms in total. The summed E-state index contributed by atoms with van der Waals surface area (Å²) in [7, 11) is 0. The molecule has 3 aromatic rings. The van der Waals surface area contributed by atoms with Gasteiger partial charge >= 0.3 is 6.03 Å². The van der Waals surface area contributed by atoms with Crippen LogP contribution in [0.15, 0.2) is 42.6 Å². The number of nitrogens with zero attached hydrogens (tertiary/aromatic N) is 4. The Labute approximate surface area is 167 Å². The highest BCUT2D eigenvalue weighted by molar-refractivity contribution is 5.89. The van der Waals surface area contributed by atoms with Crippen LogP contribution in [0.25, 0.3) is 5.82 Å². The minimum atomic E-state index is -0.307. The largest absolute Gasteiger partial charge is 0.486 e. The number of nitrogens with one attached hydrogen (secondary N) is 3. The summed E-state index contributed by atoms with van der Waals surface area (Å²) in [5, 5.41) is 21.2. The zero-order valence-corrected chi connectivity index (χ0v) is 15.9. The fourth-order valence-corrected chi connectivity index (χ4v) is 2.75. The highest BCUT2D eigenvalue weighted by Gasteiger charge is 2.12. The van der Waals surface area contributed by atoms with Gasteiger partial charge in [0.25, 0.3) is 0 Å². The predicted octanol–water partition coefficient (Wildman–Crippen LogP) is 1.98. The third kappa shape index (κ3) is 4.72. The van der Waals surface area contributed by atoms with Gasteiger partial charge in [0.05, 0.1) is 5.69 Å². The molecule has 0 spiro atoms. The van der Waals surface area contributed by atoms with Gasteiger partial charge < -0.3 is 25.4 Å².